The van der Waals surface area contributed by atoms with Crippen LogP contribution in [-0.4, -0.2) is 19.6 Å². The predicted octanol–water partition coefficient (Wildman–Crippen LogP) is 6.18. The summed E-state index contributed by atoms with van der Waals surface area (Å²) in [6, 6.07) is 23.7. The highest BCUT2D eigenvalue weighted by atomic mass is 15.3. The van der Waals surface area contributed by atoms with E-state index in [1.54, 1.807) is 16.9 Å². The number of pyridine rings is 1. The molecule has 0 fully saturated rings. The highest BCUT2D eigenvalue weighted by Gasteiger charge is 2.17. The number of hydrogen-bond acceptors (Lipinski definition) is 5. The maximum Gasteiger partial charge on any atom is 0.184 e. The second-order valence-corrected chi connectivity index (χ2v) is 6.92. The molecule has 30 heavy (non-hydrogen) atoms. The summed E-state index contributed by atoms with van der Waals surface area (Å²) in [5.41, 5.74) is 6.79. The van der Waals surface area contributed by atoms with E-state index < -0.39 is 0 Å². The summed E-state index contributed by atoms with van der Waals surface area (Å²) in [5, 5.41) is 13.7. The van der Waals surface area contributed by atoms with Gasteiger partial charge in [-0.1, -0.05) is 48.0 Å². The van der Waals surface area contributed by atoms with Crippen LogP contribution in [0.3, 0.4) is 0 Å². The Balaban J connectivity index is 1.69. The second-order valence-electron chi connectivity index (χ2n) is 6.92. The van der Waals surface area contributed by atoms with Crippen LogP contribution in [0.15, 0.2) is 102 Å². The van der Waals surface area contributed by atoms with Gasteiger partial charge in [0.25, 0.3) is 0 Å². The largest absolute Gasteiger partial charge is 0.265 e. The molecule has 0 aliphatic heterocycles. The quantitative estimate of drug-likeness (QED) is 0.344. The van der Waals surface area contributed by atoms with Crippen LogP contribution in [0, 0.1) is 6.92 Å². The number of nitrogens with zero attached hydrogens (tertiary/aromatic N) is 6. The van der Waals surface area contributed by atoms with Crippen molar-refractivity contribution in [2.75, 3.05) is 0 Å². The Morgan fingerprint density at radius 3 is 2.30 bits per heavy atom. The van der Waals surface area contributed by atoms with Gasteiger partial charge in [0, 0.05) is 29.7 Å². The van der Waals surface area contributed by atoms with Crippen molar-refractivity contribution in [1.82, 2.24) is 19.6 Å². The van der Waals surface area contributed by atoms with Crippen LogP contribution in [0.2, 0.25) is 0 Å². The van der Waals surface area contributed by atoms with Crippen molar-refractivity contribution in [3.05, 3.63) is 97.0 Å². The second kappa shape index (κ2) is 7.67. The lowest BCUT2D eigenvalue weighted by atomic mass is 10.1. The number of aryl methyl sites for hydroxylation is 1. The summed E-state index contributed by atoms with van der Waals surface area (Å²) in [5.74, 6) is 0. The zero-order chi connectivity index (χ0) is 20.3. The molecule has 5 aromatic rings. The van der Waals surface area contributed by atoms with Gasteiger partial charge < -0.3 is 0 Å². The number of hydrogen-bond donors (Lipinski definition) is 0. The SMILES string of the molecule is Cc1ccc(-c2ccn3nc(-c4ccncc4)c(N=Nc4ccccc4)c3n2)cc1. The van der Waals surface area contributed by atoms with Gasteiger partial charge in [-0.3, -0.25) is 4.98 Å². The Bertz CT molecular complexity index is 1320. The van der Waals surface area contributed by atoms with Crippen LogP contribution in [0.5, 0.6) is 0 Å². The van der Waals surface area contributed by atoms with Gasteiger partial charge in [-0.25, -0.2) is 9.50 Å². The Hall–Kier alpha value is -4.19. The fourth-order valence-electron chi connectivity index (χ4n) is 3.20. The van der Waals surface area contributed by atoms with Gasteiger partial charge in [0.05, 0.1) is 11.4 Å². The molecule has 0 radical (unpaired) electrons. The van der Waals surface area contributed by atoms with Crippen molar-refractivity contribution >= 4 is 17.0 Å². The van der Waals surface area contributed by atoms with E-state index in [9.17, 15) is 0 Å². The van der Waals surface area contributed by atoms with Crippen LogP contribution < -0.4 is 0 Å². The molecule has 0 atom stereocenters. The molecule has 3 aromatic heterocycles. The van der Waals surface area contributed by atoms with Gasteiger partial charge >= 0.3 is 0 Å². The first-order valence-electron chi connectivity index (χ1n) is 9.61. The fraction of sp³-hybridized carbons (Fsp3) is 0.0417. The van der Waals surface area contributed by atoms with Crippen LogP contribution in [-0.2, 0) is 0 Å². The number of benzene rings is 2. The van der Waals surface area contributed by atoms with E-state index in [4.69, 9.17) is 10.1 Å². The van der Waals surface area contributed by atoms with E-state index in [1.165, 1.54) is 5.56 Å². The summed E-state index contributed by atoms with van der Waals surface area (Å²) < 4.78 is 1.74. The average molecular weight is 390 g/mol. The first kappa shape index (κ1) is 17.9. The van der Waals surface area contributed by atoms with E-state index in [0.29, 0.717) is 17.0 Å². The van der Waals surface area contributed by atoms with E-state index in [0.717, 1.165) is 22.5 Å². The zero-order valence-electron chi connectivity index (χ0n) is 16.3. The van der Waals surface area contributed by atoms with Gasteiger partial charge in [0.15, 0.2) is 11.3 Å². The first-order valence-corrected chi connectivity index (χ1v) is 9.61. The first-order chi connectivity index (χ1) is 14.8. The molecule has 0 unspecified atom stereocenters. The Kier molecular flexibility index (Phi) is 4.57. The molecule has 0 aliphatic rings. The molecule has 0 saturated carbocycles. The maximum atomic E-state index is 4.86. The Morgan fingerprint density at radius 2 is 1.53 bits per heavy atom. The molecule has 0 aliphatic carbocycles. The lowest BCUT2D eigenvalue weighted by Crippen LogP contribution is -1.92. The van der Waals surface area contributed by atoms with Crippen LogP contribution in [0.25, 0.3) is 28.2 Å². The number of fused-ring (bicyclic) bond motifs is 1. The molecule has 144 valence electrons. The highest BCUT2D eigenvalue weighted by molar-refractivity contribution is 5.83. The lowest BCUT2D eigenvalue weighted by molar-refractivity contribution is 0.944. The monoisotopic (exact) mass is 390 g/mol. The number of azo groups is 1. The summed E-state index contributed by atoms with van der Waals surface area (Å²) in [6.45, 7) is 2.07. The van der Waals surface area contributed by atoms with Crippen LogP contribution >= 0.6 is 0 Å². The highest BCUT2D eigenvalue weighted by Crippen LogP contribution is 2.34. The van der Waals surface area contributed by atoms with Crippen molar-refractivity contribution in [2.24, 2.45) is 10.2 Å². The Labute approximate surface area is 173 Å². The third-order valence-corrected chi connectivity index (χ3v) is 4.78. The molecule has 6 heteroatoms. The van der Waals surface area contributed by atoms with Gasteiger partial charge in [-0.2, -0.15) is 10.2 Å². The molecule has 0 spiro atoms. The standard InChI is InChI=1S/C24H18N6/c1-17-7-9-18(10-8-17)21-13-16-30-24(26-21)23(28-27-20-5-3-2-4-6-20)22(29-30)19-11-14-25-15-12-19/h2-16H,1H3. The van der Waals surface area contributed by atoms with Gasteiger partial charge in [0.1, 0.15) is 5.69 Å². The smallest absolute Gasteiger partial charge is 0.184 e. The van der Waals surface area contributed by atoms with Crippen molar-refractivity contribution in [3.63, 3.8) is 0 Å². The van der Waals surface area contributed by atoms with E-state index in [2.05, 4.69) is 46.4 Å². The zero-order valence-corrected chi connectivity index (χ0v) is 16.3. The summed E-state index contributed by atoms with van der Waals surface area (Å²) >= 11 is 0. The fourth-order valence-corrected chi connectivity index (χ4v) is 3.20. The van der Waals surface area contributed by atoms with Gasteiger partial charge in [0.2, 0.25) is 0 Å². The minimum absolute atomic E-state index is 0.624. The summed E-state index contributed by atoms with van der Waals surface area (Å²) in [6.07, 6.45) is 5.38. The molecular formula is C24H18N6. The van der Waals surface area contributed by atoms with E-state index >= 15 is 0 Å². The molecular weight excluding hydrogens is 372 g/mol. The van der Waals surface area contributed by atoms with Gasteiger partial charge in [-0.15, -0.1) is 5.11 Å². The Morgan fingerprint density at radius 1 is 0.767 bits per heavy atom. The predicted molar refractivity (Wildman–Crippen MR) is 117 cm³/mol. The van der Waals surface area contributed by atoms with Gasteiger partial charge in [-0.05, 0) is 37.3 Å². The third kappa shape index (κ3) is 3.46. The molecule has 0 N–H and O–H groups in total. The molecule has 0 saturated heterocycles. The normalized spacial score (nSPS) is 11.4. The van der Waals surface area contributed by atoms with Crippen molar-refractivity contribution in [1.29, 1.82) is 0 Å². The molecule has 6 nitrogen and oxygen atoms in total. The third-order valence-electron chi connectivity index (χ3n) is 4.78. The molecule has 3 heterocycles. The molecule has 0 amide bonds. The topological polar surface area (TPSA) is 67.8 Å². The minimum Gasteiger partial charge on any atom is -0.265 e. The number of aromatic nitrogens is 4. The van der Waals surface area contributed by atoms with Crippen LogP contribution in [0.4, 0.5) is 11.4 Å². The average Bonchev–Trinajstić information content (AvgIpc) is 3.17. The van der Waals surface area contributed by atoms with Crippen LogP contribution in [0.1, 0.15) is 5.56 Å². The molecule has 5 rings (SSSR count). The van der Waals surface area contributed by atoms with Crippen molar-refractivity contribution in [3.8, 4) is 22.5 Å². The lowest BCUT2D eigenvalue weighted by Gasteiger charge is -2.02. The summed E-state index contributed by atoms with van der Waals surface area (Å²) in [4.78, 5) is 8.97. The molecule has 2 aromatic carbocycles. The van der Waals surface area contributed by atoms with Crippen molar-refractivity contribution < 1.29 is 0 Å². The summed E-state index contributed by atoms with van der Waals surface area (Å²) in [7, 11) is 0. The number of rotatable bonds is 4. The van der Waals surface area contributed by atoms with E-state index in [1.807, 2.05) is 54.7 Å². The maximum absolute atomic E-state index is 4.86. The minimum atomic E-state index is 0.624. The van der Waals surface area contributed by atoms with Crippen molar-refractivity contribution in [2.45, 2.75) is 6.92 Å². The molecule has 0 bridgehead atoms. The van der Waals surface area contributed by atoms with E-state index in [-0.39, 0.29) is 0 Å².